The maximum Gasteiger partial charge on any atom is 0.289 e. The van der Waals surface area contributed by atoms with E-state index in [9.17, 15) is 9.59 Å². The van der Waals surface area contributed by atoms with Crippen LogP contribution in [0.2, 0.25) is 0 Å². The summed E-state index contributed by atoms with van der Waals surface area (Å²) in [6, 6.07) is 1.72. The fourth-order valence-electron chi connectivity index (χ4n) is 3.45. The third kappa shape index (κ3) is 4.90. The van der Waals surface area contributed by atoms with Gasteiger partial charge in [-0.15, -0.1) is 0 Å². The number of aromatic nitrogens is 3. The third-order valence-corrected chi connectivity index (χ3v) is 5.14. The van der Waals surface area contributed by atoms with Crippen molar-refractivity contribution in [3.05, 3.63) is 34.8 Å². The van der Waals surface area contributed by atoms with Gasteiger partial charge in [-0.3, -0.25) is 9.59 Å². The Morgan fingerprint density at radius 2 is 1.93 bits per heavy atom. The molecule has 0 saturated carbocycles. The van der Waals surface area contributed by atoms with Crippen LogP contribution in [-0.4, -0.2) is 51.3 Å². The van der Waals surface area contributed by atoms with E-state index in [2.05, 4.69) is 20.3 Å². The predicted octanol–water partition coefficient (Wildman–Crippen LogP) is 2.07. The van der Waals surface area contributed by atoms with E-state index in [1.807, 2.05) is 13.8 Å². The van der Waals surface area contributed by atoms with E-state index in [0.29, 0.717) is 42.8 Å². The number of nitrogen functional groups attached to an aromatic ring is 1. The molecule has 0 bridgehead atoms. The molecule has 29 heavy (non-hydrogen) atoms. The van der Waals surface area contributed by atoms with Crippen molar-refractivity contribution in [2.24, 2.45) is 5.92 Å². The van der Waals surface area contributed by atoms with Crippen LogP contribution in [-0.2, 0) is 0 Å². The summed E-state index contributed by atoms with van der Waals surface area (Å²) in [6.07, 6.45) is 1.61. The molecule has 1 aliphatic heterocycles. The van der Waals surface area contributed by atoms with Crippen molar-refractivity contribution in [2.45, 2.75) is 46.5 Å². The highest BCUT2D eigenvalue weighted by Gasteiger charge is 2.26. The quantitative estimate of drug-likeness (QED) is 0.786. The lowest BCUT2D eigenvalue weighted by atomic mass is 9.96. The molecule has 0 aromatic carbocycles. The van der Waals surface area contributed by atoms with Crippen LogP contribution in [0.25, 0.3) is 0 Å². The summed E-state index contributed by atoms with van der Waals surface area (Å²) in [5.41, 5.74) is 7.46. The summed E-state index contributed by atoms with van der Waals surface area (Å²) in [7, 11) is 0. The second kappa shape index (κ2) is 8.59. The number of carbonyl (C=O) groups is 2. The molecule has 0 atom stereocenters. The first-order valence-corrected chi connectivity index (χ1v) is 9.90. The number of rotatable bonds is 5. The van der Waals surface area contributed by atoms with Gasteiger partial charge in [0.05, 0.1) is 5.69 Å². The number of likely N-dealkylation sites (tertiary alicyclic amines) is 1. The molecule has 9 nitrogen and oxygen atoms in total. The maximum absolute atomic E-state index is 12.8. The van der Waals surface area contributed by atoms with Gasteiger partial charge in [-0.05, 0) is 37.7 Å². The molecule has 0 aliphatic carbocycles. The van der Waals surface area contributed by atoms with Gasteiger partial charge in [-0.2, -0.15) is 0 Å². The molecular weight excluding hydrogens is 372 g/mol. The summed E-state index contributed by atoms with van der Waals surface area (Å²) in [6.45, 7) is 9.22. The number of amides is 2. The van der Waals surface area contributed by atoms with E-state index in [4.69, 9.17) is 10.2 Å². The molecule has 2 aromatic rings. The largest absolute Gasteiger partial charge is 0.436 e. The topological polar surface area (TPSA) is 127 Å². The van der Waals surface area contributed by atoms with Gasteiger partial charge < -0.3 is 20.4 Å². The van der Waals surface area contributed by atoms with Gasteiger partial charge in [0.2, 0.25) is 11.7 Å². The number of nitrogens with two attached hydrogens (primary N) is 1. The van der Waals surface area contributed by atoms with E-state index in [1.54, 1.807) is 24.8 Å². The standard InChI is InChI=1S/C20H28N6O3/c1-11(2)15-9-16(25-20(21)24-15)19(28)26-7-5-14(6-8-26)10-22-18(27)17-12(3)23-13(4)29-17/h9,11,14H,5-8,10H2,1-4H3,(H,22,27)(H2,21,24,25). The smallest absolute Gasteiger partial charge is 0.289 e. The fourth-order valence-corrected chi connectivity index (χ4v) is 3.45. The number of hydrogen-bond acceptors (Lipinski definition) is 7. The van der Waals surface area contributed by atoms with Gasteiger partial charge in [0.15, 0.2) is 5.89 Å². The SMILES string of the molecule is Cc1nc(C)c(C(=O)NCC2CCN(C(=O)c3cc(C(C)C)nc(N)n3)CC2)o1. The van der Waals surface area contributed by atoms with E-state index in [1.165, 1.54) is 0 Å². The van der Waals surface area contributed by atoms with Gasteiger partial charge in [0.1, 0.15) is 5.69 Å². The molecule has 2 amide bonds. The van der Waals surface area contributed by atoms with Crippen LogP contribution in [0, 0.1) is 19.8 Å². The number of oxazole rings is 1. The van der Waals surface area contributed by atoms with Gasteiger partial charge in [-0.1, -0.05) is 13.8 Å². The highest BCUT2D eigenvalue weighted by molar-refractivity contribution is 5.93. The average Bonchev–Trinajstić information content (AvgIpc) is 3.03. The van der Waals surface area contributed by atoms with Crippen LogP contribution in [0.15, 0.2) is 10.5 Å². The lowest BCUT2D eigenvalue weighted by molar-refractivity contribution is 0.0677. The summed E-state index contributed by atoms with van der Waals surface area (Å²) in [5.74, 6) is 0.945. The zero-order valence-electron chi connectivity index (χ0n) is 17.4. The van der Waals surface area contributed by atoms with Crippen LogP contribution in [0.5, 0.6) is 0 Å². The molecule has 9 heteroatoms. The third-order valence-electron chi connectivity index (χ3n) is 5.14. The Balaban J connectivity index is 1.53. The van der Waals surface area contributed by atoms with Crippen LogP contribution in [0.1, 0.15) is 70.9 Å². The summed E-state index contributed by atoms with van der Waals surface area (Å²) >= 11 is 0. The molecule has 0 unspecified atom stereocenters. The van der Waals surface area contributed by atoms with Crippen LogP contribution in [0.4, 0.5) is 5.95 Å². The summed E-state index contributed by atoms with van der Waals surface area (Å²) in [4.78, 5) is 39.3. The molecule has 1 fully saturated rings. The molecule has 0 spiro atoms. The number of piperidine rings is 1. The van der Waals surface area contributed by atoms with Crippen molar-refractivity contribution in [3.63, 3.8) is 0 Å². The highest BCUT2D eigenvalue weighted by Crippen LogP contribution is 2.20. The molecule has 1 aliphatic rings. The minimum atomic E-state index is -0.251. The minimum absolute atomic E-state index is 0.120. The Labute approximate surface area is 170 Å². The molecule has 3 rings (SSSR count). The first-order valence-electron chi connectivity index (χ1n) is 9.90. The molecular formula is C20H28N6O3. The second-order valence-electron chi connectivity index (χ2n) is 7.78. The van der Waals surface area contributed by atoms with Crippen molar-refractivity contribution < 1.29 is 14.0 Å². The monoisotopic (exact) mass is 400 g/mol. The van der Waals surface area contributed by atoms with E-state index in [-0.39, 0.29) is 29.4 Å². The van der Waals surface area contributed by atoms with Crippen molar-refractivity contribution in [3.8, 4) is 0 Å². The molecule has 2 aromatic heterocycles. The first kappa shape index (κ1) is 20.8. The Kier molecular flexibility index (Phi) is 6.14. The predicted molar refractivity (Wildman–Crippen MR) is 107 cm³/mol. The average molecular weight is 400 g/mol. The Morgan fingerprint density at radius 1 is 1.24 bits per heavy atom. The lowest BCUT2D eigenvalue weighted by Gasteiger charge is -2.32. The van der Waals surface area contributed by atoms with Gasteiger partial charge in [0, 0.05) is 32.3 Å². The van der Waals surface area contributed by atoms with E-state index in [0.717, 1.165) is 18.5 Å². The van der Waals surface area contributed by atoms with E-state index >= 15 is 0 Å². The fraction of sp³-hybridized carbons (Fsp3) is 0.550. The number of nitrogens with zero attached hydrogens (tertiary/aromatic N) is 4. The zero-order valence-corrected chi connectivity index (χ0v) is 17.4. The minimum Gasteiger partial charge on any atom is -0.436 e. The van der Waals surface area contributed by atoms with Crippen molar-refractivity contribution in [1.29, 1.82) is 0 Å². The second-order valence-corrected chi connectivity index (χ2v) is 7.78. The van der Waals surface area contributed by atoms with E-state index < -0.39 is 0 Å². The first-order chi connectivity index (χ1) is 13.7. The normalized spacial score (nSPS) is 15.0. The number of carbonyl (C=O) groups excluding carboxylic acids is 2. The number of anilines is 1. The van der Waals surface area contributed by atoms with Gasteiger partial charge in [-0.25, -0.2) is 15.0 Å². The Morgan fingerprint density at radius 3 is 2.52 bits per heavy atom. The lowest BCUT2D eigenvalue weighted by Crippen LogP contribution is -2.42. The molecule has 3 heterocycles. The van der Waals surface area contributed by atoms with Gasteiger partial charge >= 0.3 is 0 Å². The molecule has 3 N–H and O–H groups in total. The Hall–Kier alpha value is -2.97. The van der Waals surface area contributed by atoms with Crippen molar-refractivity contribution in [2.75, 3.05) is 25.4 Å². The summed E-state index contributed by atoms with van der Waals surface area (Å²) < 4.78 is 5.35. The van der Waals surface area contributed by atoms with Gasteiger partial charge in [0.25, 0.3) is 11.8 Å². The highest BCUT2D eigenvalue weighted by atomic mass is 16.4. The van der Waals surface area contributed by atoms with Crippen LogP contribution in [0.3, 0.4) is 0 Å². The summed E-state index contributed by atoms with van der Waals surface area (Å²) in [5, 5.41) is 2.91. The zero-order chi connectivity index (χ0) is 21.1. The molecule has 156 valence electrons. The number of hydrogen-bond donors (Lipinski definition) is 2. The maximum atomic E-state index is 12.8. The van der Waals surface area contributed by atoms with Crippen molar-refractivity contribution >= 4 is 17.8 Å². The molecule has 0 radical (unpaired) electrons. The number of nitrogens with one attached hydrogen (secondary N) is 1. The molecule has 1 saturated heterocycles. The van der Waals surface area contributed by atoms with Crippen LogP contribution < -0.4 is 11.1 Å². The van der Waals surface area contributed by atoms with Crippen LogP contribution >= 0.6 is 0 Å². The number of aryl methyl sites for hydroxylation is 2. The van der Waals surface area contributed by atoms with Crippen molar-refractivity contribution in [1.82, 2.24) is 25.2 Å². The Bertz CT molecular complexity index is 900.